The molecular formula is C11H8F3N5. The third kappa shape index (κ3) is 2.35. The minimum atomic E-state index is -4.59. The molecule has 0 aliphatic rings. The van der Waals surface area contributed by atoms with E-state index in [1.807, 2.05) is 0 Å². The molecule has 0 unspecified atom stereocenters. The van der Waals surface area contributed by atoms with E-state index in [0.29, 0.717) is 5.56 Å². The Bertz CT molecular complexity index is 646. The first-order chi connectivity index (χ1) is 8.82. The molecule has 0 spiro atoms. The van der Waals surface area contributed by atoms with Gasteiger partial charge in [-0.2, -0.15) is 18.4 Å². The Morgan fingerprint density at radius 1 is 1.37 bits per heavy atom. The highest BCUT2D eigenvalue weighted by Gasteiger charge is 2.33. The van der Waals surface area contributed by atoms with Gasteiger partial charge in [0, 0.05) is 11.8 Å². The van der Waals surface area contributed by atoms with Crippen LogP contribution in [0.4, 0.5) is 19.0 Å². The van der Waals surface area contributed by atoms with Crippen LogP contribution in [0.5, 0.6) is 0 Å². The van der Waals surface area contributed by atoms with Crippen molar-refractivity contribution in [3.05, 3.63) is 35.2 Å². The summed E-state index contributed by atoms with van der Waals surface area (Å²) in [7, 11) is 0. The lowest BCUT2D eigenvalue weighted by molar-refractivity contribution is -0.141. The van der Waals surface area contributed by atoms with Crippen molar-refractivity contribution in [1.29, 1.82) is 5.26 Å². The molecule has 98 valence electrons. The number of rotatable bonds is 1. The van der Waals surface area contributed by atoms with Gasteiger partial charge in [-0.05, 0) is 19.1 Å². The lowest BCUT2D eigenvalue weighted by atomic mass is 10.2. The largest absolute Gasteiger partial charge is 0.433 e. The fraction of sp³-hybridized carbons (Fsp3) is 0.182. The second kappa shape index (κ2) is 4.28. The summed E-state index contributed by atoms with van der Waals surface area (Å²) in [5.41, 5.74) is 5.01. The zero-order valence-corrected chi connectivity index (χ0v) is 9.73. The first kappa shape index (κ1) is 12.9. The fourth-order valence-electron chi connectivity index (χ4n) is 1.45. The quantitative estimate of drug-likeness (QED) is 0.857. The minimum Gasteiger partial charge on any atom is -0.382 e. The molecule has 0 aliphatic carbocycles. The van der Waals surface area contributed by atoms with Crippen molar-refractivity contribution in [3.8, 4) is 11.9 Å². The molecule has 0 bridgehead atoms. The van der Waals surface area contributed by atoms with Crippen molar-refractivity contribution >= 4 is 5.82 Å². The Morgan fingerprint density at radius 2 is 2.05 bits per heavy atom. The number of aromatic nitrogens is 3. The molecule has 2 N–H and O–H groups in total. The fourth-order valence-corrected chi connectivity index (χ4v) is 1.45. The normalized spacial score (nSPS) is 11.3. The van der Waals surface area contributed by atoms with Crippen LogP contribution in [0.15, 0.2) is 18.3 Å². The summed E-state index contributed by atoms with van der Waals surface area (Å²) in [4.78, 5) is 3.44. The number of hydrogen-bond acceptors (Lipinski definition) is 4. The van der Waals surface area contributed by atoms with E-state index < -0.39 is 11.9 Å². The van der Waals surface area contributed by atoms with E-state index in [4.69, 9.17) is 11.0 Å². The van der Waals surface area contributed by atoms with E-state index in [1.165, 1.54) is 6.20 Å². The standard InChI is InChI=1S/C11H8F3N5/c1-6-5-19(18-9(6)16)10-7(4-15)2-3-8(17-10)11(12,13)14/h2-3,5H,1H3,(H2,16,18). The maximum absolute atomic E-state index is 12.6. The van der Waals surface area contributed by atoms with Gasteiger partial charge in [0.1, 0.15) is 17.6 Å². The van der Waals surface area contributed by atoms with Crippen LogP contribution in [0.3, 0.4) is 0 Å². The molecule has 2 aromatic rings. The molecular weight excluding hydrogens is 259 g/mol. The molecule has 19 heavy (non-hydrogen) atoms. The number of nitrogens with zero attached hydrogens (tertiary/aromatic N) is 4. The topological polar surface area (TPSA) is 80.5 Å². The van der Waals surface area contributed by atoms with Gasteiger partial charge in [0.2, 0.25) is 0 Å². The highest BCUT2D eigenvalue weighted by molar-refractivity contribution is 5.47. The van der Waals surface area contributed by atoms with Crippen LogP contribution < -0.4 is 5.73 Å². The van der Waals surface area contributed by atoms with Gasteiger partial charge in [-0.15, -0.1) is 5.10 Å². The number of pyridine rings is 1. The van der Waals surface area contributed by atoms with Crippen molar-refractivity contribution in [2.45, 2.75) is 13.1 Å². The molecule has 0 radical (unpaired) electrons. The van der Waals surface area contributed by atoms with Crippen LogP contribution >= 0.6 is 0 Å². The molecule has 0 saturated carbocycles. The lowest BCUT2D eigenvalue weighted by Gasteiger charge is -2.08. The van der Waals surface area contributed by atoms with Gasteiger partial charge in [-0.1, -0.05) is 0 Å². The summed E-state index contributed by atoms with van der Waals surface area (Å²) in [5.74, 6) is -0.0276. The number of aryl methyl sites for hydroxylation is 1. The zero-order valence-electron chi connectivity index (χ0n) is 9.73. The van der Waals surface area contributed by atoms with Gasteiger partial charge < -0.3 is 5.73 Å². The summed E-state index contributed by atoms with van der Waals surface area (Å²) in [6.45, 7) is 1.65. The first-order valence-electron chi connectivity index (χ1n) is 5.13. The Morgan fingerprint density at radius 3 is 2.53 bits per heavy atom. The third-order valence-electron chi connectivity index (χ3n) is 2.44. The highest BCUT2D eigenvalue weighted by Crippen LogP contribution is 2.29. The number of halogens is 3. The predicted octanol–water partition coefficient (Wildman–Crippen LogP) is 2.05. The summed E-state index contributed by atoms with van der Waals surface area (Å²) in [6.07, 6.45) is -3.17. The minimum absolute atomic E-state index is 0.0181. The van der Waals surface area contributed by atoms with Gasteiger partial charge in [-0.25, -0.2) is 9.67 Å². The molecule has 0 saturated heterocycles. The number of nitrogens with two attached hydrogens (primary N) is 1. The summed E-state index contributed by atoms with van der Waals surface area (Å²) < 4.78 is 38.9. The second-order valence-corrected chi connectivity index (χ2v) is 3.82. The lowest BCUT2D eigenvalue weighted by Crippen LogP contribution is -2.12. The van der Waals surface area contributed by atoms with Crippen LogP contribution in [0, 0.1) is 18.3 Å². The first-order valence-corrected chi connectivity index (χ1v) is 5.13. The van der Waals surface area contributed by atoms with E-state index in [0.717, 1.165) is 16.8 Å². The van der Waals surface area contributed by atoms with Gasteiger partial charge >= 0.3 is 6.18 Å². The van der Waals surface area contributed by atoms with Crippen LogP contribution in [-0.4, -0.2) is 14.8 Å². The monoisotopic (exact) mass is 267 g/mol. The van der Waals surface area contributed by atoms with Gasteiger partial charge in [-0.3, -0.25) is 0 Å². The second-order valence-electron chi connectivity index (χ2n) is 3.82. The molecule has 5 nitrogen and oxygen atoms in total. The van der Waals surface area contributed by atoms with Gasteiger partial charge in [0.05, 0.1) is 5.56 Å². The van der Waals surface area contributed by atoms with E-state index in [1.54, 1.807) is 13.0 Å². The predicted molar refractivity (Wildman–Crippen MR) is 60.2 cm³/mol. The molecule has 0 amide bonds. The summed E-state index contributed by atoms with van der Waals surface area (Å²) in [5, 5.41) is 12.7. The Balaban J connectivity index is 2.64. The van der Waals surface area contributed by atoms with Crippen molar-refractivity contribution in [3.63, 3.8) is 0 Å². The average molecular weight is 267 g/mol. The number of nitrogen functional groups attached to an aromatic ring is 1. The average Bonchev–Trinajstić information content (AvgIpc) is 2.67. The van der Waals surface area contributed by atoms with Crippen LogP contribution in [0.2, 0.25) is 0 Å². The van der Waals surface area contributed by atoms with Crippen molar-refractivity contribution in [2.75, 3.05) is 5.73 Å². The van der Waals surface area contributed by atoms with Crippen molar-refractivity contribution in [1.82, 2.24) is 14.8 Å². The van der Waals surface area contributed by atoms with Crippen molar-refractivity contribution in [2.24, 2.45) is 0 Å². The Kier molecular flexibility index (Phi) is 2.90. The summed E-state index contributed by atoms with van der Waals surface area (Å²) in [6, 6.07) is 3.58. The Hall–Kier alpha value is -2.56. The number of hydrogen-bond donors (Lipinski definition) is 1. The molecule has 8 heteroatoms. The molecule has 0 aliphatic heterocycles. The number of nitriles is 1. The number of alkyl halides is 3. The maximum atomic E-state index is 12.6. The van der Waals surface area contributed by atoms with Crippen molar-refractivity contribution < 1.29 is 13.2 Å². The molecule has 0 atom stereocenters. The maximum Gasteiger partial charge on any atom is 0.433 e. The molecule has 0 aromatic carbocycles. The SMILES string of the molecule is Cc1cn(-c2nc(C(F)(F)F)ccc2C#N)nc1N. The smallest absolute Gasteiger partial charge is 0.382 e. The van der Waals surface area contributed by atoms with E-state index in [9.17, 15) is 13.2 Å². The van der Waals surface area contributed by atoms with Gasteiger partial charge in [0.25, 0.3) is 0 Å². The molecule has 0 fully saturated rings. The highest BCUT2D eigenvalue weighted by atomic mass is 19.4. The van der Waals surface area contributed by atoms with Gasteiger partial charge in [0.15, 0.2) is 5.82 Å². The number of anilines is 1. The molecule has 2 heterocycles. The Labute approximate surface area is 106 Å². The van der Waals surface area contributed by atoms with E-state index in [2.05, 4.69) is 10.1 Å². The molecule has 2 rings (SSSR count). The van der Waals surface area contributed by atoms with E-state index >= 15 is 0 Å². The van der Waals surface area contributed by atoms with Crippen LogP contribution in [0.1, 0.15) is 16.8 Å². The zero-order chi connectivity index (χ0) is 14.2. The van der Waals surface area contributed by atoms with E-state index in [-0.39, 0.29) is 17.2 Å². The van der Waals surface area contributed by atoms with Crippen LogP contribution in [-0.2, 0) is 6.18 Å². The molecule has 2 aromatic heterocycles. The third-order valence-corrected chi connectivity index (χ3v) is 2.44. The van der Waals surface area contributed by atoms with Crippen LogP contribution in [0.25, 0.3) is 5.82 Å². The summed E-state index contributed by atoms with van der Waals surface area (Å²) >= 11 is 0.